The van der Waals surface area contributed by atoms with Crippen LogP contribution in [0.1, 0.15) is 55.5 Å². The first-order chi connectivity index (χ1) is 12.3. The van der Waals surface area contributed by atoms with Crippen LogP contribution in [0.2, 0.25) is 0 Å². The van der Waals surface area contributed by atoms with Crippen LogP contribution in [0.15, 0.2) is 36.7 Å². The number of aromatic nitrogens is 1. The van der Waals surface area contributed by atoms with Crippen molar-refractivity contribution in [3.63, 3.8) is 0 Å². The molecule has 2 aromatic rings. The van der Waals surface area contributed by atoms with E-state index in [0.29, 0.717) is 5.92 Å². The minimum atomic E-state index is 0.197. The van der Waals surface area contributed by atoms with Crippen LogP contribution in [0.25, 0.3) is 0 Å². The second-order valence-corrected chi connectivity index (χ2v) is 7.92. The number of pyridine rings is 1. The van der Waals surface area contributed by atoms with Gasteiger partial charge in [-0.3, -0.25) is 4.98 Å². The van der Waals surface area contributed by atoms with Crippen molar-refractivity contribution in [3.05, 3.63) is 58.9 Å². The lowest BCUT2D eigenvalue weighted by Crippen LogP contribution is -2.38. The van der Waals surface area contributed by atoms with Crippen LogP contribution in [0.4, 0.5) is 5.69 Å². The molecule has 0 saturated heterocycles. The first-order valence-corrected chi connectivity index (χ1v) is 9.75. The van der Waals surface area contributed by atoms with Crippen molar-refractivity contribution in [2.75, 3.05) is 11.9 Å². The lowest BCUT2D eigenvalue weighted by atomic mass is 10.0. The summed E-state index contributed by atoms with van der Waals surface area (Å²) < 4.78 is 0. The van der Waals surface area contributed by atoms with Crippen molar-refractivity contribution < 1.29 is 0 Å². The summed E-state index contributed by atoms with van der Waals surface area (Å²) in [6.45, 7) is 14.0. The molecule has 0 bridgehead atoms. The molecule has 3 nitrogen and oxygen atoms in total. The zero-order valence-corrected chi connectivity index (χ0v) is 17.7. The molecule has 140 valence electrons. The molecule has 0 saturated carbocycles. The number of hydrogen-bond acceptors (Lipinski definition) is 2. The highest BCUT2D eigenvalue weighted by Gasteiger charge is 2.20. The topological polar surface area (TPSA) is 28.2 Å². The number of nitrogens with zero attached hydrogens (tertiary/aromatic N) is 2. The average Bonchev–Trinajstić information content (AvgIpc) is 2.58. The van der Waals surface area contributed by atoms with Gasteiger partial charge in [-0.05, 0) is 81.1 Å². The van der Waals surface area contributed by atoms with E-state index >= 15 is 0 Å². The van der Waals surface area contributed by atoms with E-state index in [-0.39, 0.29) is 6.04 Å². The molecule has 1 heterocycles. The normalized spacial score (nSPS) is 12.1. The van der Waals surface area contributed by atoms with Crippen molar-refractivity contribution >= 4 is 23.0 Å². The van der Waals surface area contributed by atoms with Gasteiger partial charge in [0.05, 0.1) is 6.04 Å². The molecule has 0 radical (unpaired) electrons. The molecule has 1 aromatic heterocycles. The Morgan fingerprint density at radius 3 is 2.19 bits per heavy atom. The molecular formula is C22H31N3S. The Morgan fingerprint density at radius 2 is 1.65 bits per heavy atom. The molecule has 0 fully saturated rings. The van der Waals surface area contributed by atoms with Gasteiger partial charge in [-0.25, -0.2) is 0 Å². The van der Waals surface area contributed by atoms with E-state index in [9.17, 15) is 0 Å². The summed E-state index contributed by atoms with van der Waals surface area (Å²) in [5, 5.41) is 4.30. The van der Waals surface area contributed by atoms with Crippen molar-refractivity contribution in [2.45, 2.75) is 54.0 Å². The fraction of sp³-hybridized carbons (Fsp3) is 0.455. The molecule has 1 N–H and O–H groups in total. The number of nitrogens with one attached hydrogen (secondary N) is 1. The zero-order valence-electron chi connectivity index (χ0n) is 16.8. The Balaban J connectivity index is 2.25. The molecule has 0 spiro atoms. The lowest BCUT2D eigenvalue weighted by molar-refractivity contribution is 0.318. The van der Waals surface area contributed by atoms with Gasteiger partial charge in [-0.2, -0.15) is 0 Å². The van der Waals surface area contributed by atoms with Crippen molar-refractivity contribution in [3.8, 4) is 0 Å². The lowest BCUT2D eigenvalue weighted by Gasteiger charge is -2.33. The van der Waals surface area contributed by atoms with E-state index in [1.165, 1.54) is 22.3 Å². The summed E-state index contributed by atoms with van der Waals surface area (Å²) in [4.78, 5) is 6.43. The van der Waals surface area contributed by atoms with Gasteiger partial charge in [-0.15, -0.1) is 0 Å². The maximum Gasteiger partial charge on any atom is 0.173 e. The van der Waals surface area contributed by atoms with Crippen LogP contribution in [-0.2, 0) is 0 Å². The summed E-state index contributed by atoms with van der Waals surface area (Å²) in [6.07, 6.45) is 4.79. The van der Waals surface area contributed by atoms with Crippen LogP contribution < -0.4 is 5.32 Å². The number of rotatable bonds is 6. The predicted molar refractivity (Wildman–Crippen MR) is 116 cm³/mol. The second kappa shape index (κ2) is 9.13. The Hall–Kier alpha value is -1.94. The third-order valence-corrected chi connectivity index (χ3v) is 5.11. The Bertz CT molecular complexity index is 717. The fourth-order valence-electron chi connectivity index (χ4n) is 3.25. The summed E-state index contributed by atoms with van der Waals surface area (Å²) in [5.41, 5.74) is 6.08. The second-order valence-electron chi connectivity index (χ2n) is 7.54. The van der Waals surface area contributed by atoms with Gasteiger partial charge in [0.2, 0.25) is 0 Å². The highest BCUT2D eigenvalue weighted by Crippen LogP contribution is 2.26. The van der Waals surface area contributed by atoms with Crippen molar-refractivity contribution in [1.82, 2.24) is 9.88 Å². The van der Waals surface area contributed by atoms with E-state index in [1.54, 1.807) is 0 Å². The molecule has 1 atom stereocenters. The molecule has 2 rings (SSSR count). The number of benzene rings is 1. The van der Waals surface area contributed by atoms with E-state index in [1.807, 2.05) is 12.4 Å². The standard InChI is InChI=1S/C22H31N3S/c1-15(2)9-12-25(19(6)20-7-10-23-11-8-20)22(26)24-21-17(4)13-16(3)14-18(21)5/h7-8,10-11,13-15,19H,9,12H2,1-6H3,(H,24,26)/t19-/m0/s1. The zero-order chi connectivity index (χ0) is 19.3. The van der Waals surface area contributed by atoms with Crippen LogP contribution in [-0.4, -0.2) is 21.5 Å². The first kappa shape index (κ1) is 20.4. The molecule has 26 heavy (non-hydrogen) atoms. The molecule has 0 aliphatic rings. The van der Waals surface area contributed by atoms with Gasteiger partial charge in [0.15, 0.2) is 5.11 Å². The summed E-state index contributed by atoms with van der Waals surface area (Å²) >= 11 is 5.84. The monoisotopic (exact) mass is 369 g/mol. The minimum Gasteiger partial charge on any atom is -0.342 e. The molecule has 0 aliphatic carbocycles. The van der Waals surface area contributed by atoms with E-state index in [4.69, 9.17) is 12.2 Å². The van der Waals surface area contributed by atoms with Gasteiger partial charge in [0.25, 0.3) is 0 Å². The van der Waals surface area contributed by atoms with Crippen LogP contribution in [0, 0.1) is 26.7 Å². The number of hydrogen-bond donors (Lipinski definition) is 1. The summed E-state index contributed by atoms with van der Waals surface area (Å²) in [7, 11) is 0. The molecule has 0 aliphatic heterocycles. The predicted octanol–water partition coefficient (Wildman–Crippen LogP) is 5.81. The number of thiocarbonyl (C=S) groups is 1. The Kier molecular flexibility index (Phi) is 7.15. The molecule has 1 aromatic carbocycles. The third kappa shape index (κ3) is 5.28. The van der Waals surface area contributed by atoms with Gasteiger partial charge in [-0.1, -0.05) is 31.5 Å². The SMILES string of the molecule is Cc1cc(C)c(NC(=S)N(CCC(C)C)[C@@H](C)c2ccncc2)c(C)c1. The largest absolute Gasteiger partial charge is 0.342 e. The van der Waals surface area contributed by atoms with Crippen molar-refractivity contribution in [1.29, 1.82) is 0 Å². The first-order valence-electron chi connectivity index (χ1n) is 9.35. The third-order valence-electron chi connectivity index (χ3n) is 4.77. The minimum absolute atomic E-state index is 0.197. The molecular weight excluding hydrogens is 338 g/mol. The summed E-state index contributed by atoms with van der Waals surface area (Å²) in [5.74, 6) is 0.632. The average molecular weight is 370 g/mol. The fourth-order valence-corrected chi connectivity index (χ4v) is 3.60. The smallest absolute Gasteiger partial charge is 0.173 e. The van der Waals surface area contributed by atoms with Gasteiger partial charge >= 0.3 is 0 Å². The number of anilines is 1. The maximum absolute atomic E-state index is 5.84. The Morgan fingerprint density at radius 1 is 1.08 bits per heavy atom. The van der Waals surface area contributed by atoms with E-state index in [2.05, 4.69) is 81.0 Å². The van der Waals surface area contributed by atoms with Crippen molar-refractivity contribution in [2.24, 2.45) is 5.92 Å². The van der Waals surface area contributed by atoms with Gasteiger partial charge in [0, 0.05) is 24.6 Å². The van der Waals surface area contributed by atoms with Crippen LogP contribution >= 0.6 is 12.2 Å². The highest BCUT2D eigenvalue weighted by atomic mass is 32.1. The Labute approximate surface area is 163 Å². The highest BCUT2D eigenvalue weighted by molar-refractivity contribution is 7.80. The van der Waals surface area contributed by atoms with Crippen LogP contribution in [0.5, 0.6) is 0 Å². The van der Waals surface area contributed by atoms with Crippen LogP contribution in [0.3, 0.4) is 0 Å². The molecule has 4 heteroatoms. The van der Waals surface area contributed by atoms with E-state index in [0.717, 1.165) is 23.8 Å². The quantitative estimate of drug-likeness (QED) is 0.650. The van der Waals surface area contributed by atoms with E-state index < -0.39 is 0 Å². The molecule has 0 amide bonds. The van der Waals surface area contributed by atoms with Gasteiger partial charge in [0.1, 0.15) is 0 Å². The maximum atomic E-state index is 5.84. The summed E-state index contributed by atoms with van der Waals surface area (Å²) in [6, 6.07) is 8.73. The van der Waals surface area contributed by atoms with Gasteiger partial charge < -0.3 is 10.2 Å². The molecule has 0 unspecified atom stereocenters. The number of aryl methyl sites for hydroxylation is 3.